The van der Waals surface area contributed by atoms with Crippen LogP contribution in [0, 0.1) is 0 Å². The van der Waals surface area contributed by atoms with Crippen molar-refractivity contribution >= 4 is 16.9 Å². The third kappa shape index (κ3) is 2.06. The molecule has 0 amide bonds. The highest BCUT2D eigenvalue weighted by Crippen LogP contribution is 2.15. The molecule has 3 rings (SSSR count). The number of benzene rings is 1. The molecule has 0 saturated heterocycles. The van der Waals surface area contributed by atoms with Crippen LogP contribution < -0.4 is 10.6 Å². The van der Waals surface area contributed by atoms with Crippen molar-refractivity contribution in [2.75, 3.05) is 13.1 Å². The van der Waals surface area contributed by atoms with Crippen LogP contribution in [0.3, 0.4) is 0 Å². The Bertz CT molecular complexity index is 557. The second-order valence-electron chi connectivity index (χ2n) is 4.00. The topological polar surface area (TPSA) is 49.3 Å². The van der Waals surface area contributed by atoms with E-state index in [1.807, 2.05) is 12.3 Å². The molecule has 0 bridgehead atoms. The van der Waals surface area contributed by atoms with E-state index in [0.717, 1.165) is 31.1 Å². The van der Waals surface area contributed by atoms with Crippen LogP contribution >= 0.6 is 0 Å². The highest BCUT2D eigenvalue weighted by Gasteiger charge is 2.05. The van der Waals surface area contributed by atoms with E-state index in [4.69, 9.17) is 0 Å². The lowest BCUT2D eigenvalue weighted by atomic mass is 10.1. The fraction of sp³-hybridized carbons (Fsp3) is 0.231. The van der Waals surface area contributed by atoms with Crippen LogP contribution in [0.4, 0.5) is 0 Å². The molecule has 0 atom stereocenters. The van der Waals surface area contributed by atoms with E-state index in [0.29, 0.717) is 0 Å². The first-order valence-electron chi connectivity index (χ1n) is 5.78. The predicted molar refractivity (Wildman–Crippen MR) is 68.9 cm³/mol. The van der Waals surface area contributed by atoms with Crippen molar-refractivity contribution in [3.05, 3.63) is 42.1 Å². The Balaban J connectivity index is 1.84. The number of guanidine groups is 1. The van der Waals surface area contributed by atoms with Gasteiger partial charge < -0.3 is 10.6 Å². The van der Waals surface area contributed by atoms with E-state index in [1.165, 1.54) is 10.9 Å². The van der Waals surface area contributed by atoms with E-state index in [2.05, 4.69) is 44.9 Å². The van der Waals surface area contributed by atoms with Crippen molar-refractivity contribution in [3.8, 4) is 0 Å². The van der Waals surface area contributed by atoms with E-state index in [9.17, 15) is 0 Å². The second kappa shape index (κ2) is 4.41. The normalized spacial score (nSPS) is 14.5. The first-order chi connectivity index (χ1) is 8.43. The van der Waals surface area contributed by atoms with Gasteiger partial charge >= 0.3 is 0 Å². The highest BCUT2D eigenvalue weighted by molar-refractivity contribution is 5.84. The summed E-state index contributed by atoms with van der Waals surface area (Å²) in [5.74, 6) is 0.887. The molecule has 0 spiro atoms. The number of fused-ring (bicyclic) bond motifs is 1. The molecule has 2 aromatic rings. The summed E-state index contributed by atoms with van der Waals surface area (Å²) in [6.07, 6.45) is 1.83. The number of hydrogen-bond acceptors (Lipinski definition) is 4. The van der Waals surface area contributed by atoms with Gasteiger partial charge in [-0.15, -0.1) is 0 Å². The number of nitrogens with zero attached hydrogens (tertiary/aromatic N) is 2. The van der Waals surface area contributed by atoms with E-state index >= 15 is 0 Å². The summed E-state index contributed by atoms with van der Waals surface area (Å²) in [4.78, 5) is 8.73. The number of hydrogen-bond donors (Lipinski definition) is 2. The zero-order valence-corrected chi connectivity index (χ0v) is 9.48. The van der Waals surface area contributed by atoms with Gasteiger partial charge in [0.1, 0.15) is 0 Å². The first-order valence-corrected chi connectivity index (χ1v) is 5.78. The molecule has 0 fully saturated rings. The summed E-state index contributed by atoms with van der Waals surface area (Å²) in [6.45, 7) is 2.53. The quantitative estimate of drug-likeness (QED) is 0.811. The van der Waals surface area contributed by atoms with Crippen LogP contribution in [-0.2, 0) is 6.54 Å². The fourth-order valence-electron chi connectivity index (χ4n) is 2.01. The highest BCUT2D eigenvalue weighted by atomic mass is 15.2. The van der Waals surface area contributed by atoms with Gasteiger partial charge in [0, 0.05) is 24.7 Å². The van der Waals surface area contributed by atoms with Crippen LogP contribution in [0.15, 0.2) is 41.5 Å². The maximum Gasteiger partial charge on any atom is 0.191 e. The van der Waals surface area contributed by atoms with Gasteiger partial charge in [-0.3, -0.25) is 9.98 Å². The zero-order valence-electron chi connectivity index (χ0n) is 9.48. The van der Waals surface area contributed by atoms with E-state index < -0.39 is 0 Å². The lowest BCUT2D eigenvalue weighted by Crippen LogP contribution is -2.33. The molecule has 0 radical (unpaired) electrons. The molecule has 0 aliphatic carbocycles. The Hall–Kier alpha value is -2.10. The van der Waals surface area contributed by atoms with Crippen molar-refractivity contribution in [2.45, 2.75) is 6.54 Å². The number of nitrogens with one attached hydrogen (secondary N) is 2. The van der Waals surface area contributed by atoms with Crippen molar-refractivity contribution in [2.24, 2.45) is 4.99 Å². The molecule has 4 heteroatoms. The van der Waals surface area contributed by atoms with Crippen LogP contribution in [0.1, 0.15) is 5.56 Å². The minimum absolute atomic E-state index is 0.750. The number of para-hydroxylation sites is 1. The van der Waals surface area contributed by atoms with Gasteiger partial charge in [-0.05, 0) is 11.6 Å². The molecule has 1 aromatic heterocycles. The summed E-state index contributed by atoms with van der Waals surface area (Å²) in [6, 6.07) is 10.3. The lowest BCUT2D eigenvalue weighted by Gasteiger charge is -2.08. The van der Waals surface area contributed by atoms with E-state index in [1.54, 1.807) is 0 Å². The van der Waals surface area contributed by atoms with Gasteiger partial charge in [-0.2, -0.15) is 0 Å². The smallest absolute Gasteiger partial charge is 0.191 e. The van der Waals surface area contributed by atoms with Gasteiger partial charge in [-0.1, -0.05) is 24.3 Å². The largest absolute Gasteiger partial charge is 0.355 e. The molecule has 2 heterocycles. The predicted octanol–water partition coefficient (Wildman–Crippen LogP) is 1.28. The third-order valence-corrected chi connectivity index (χ3v) is 2.84. The standard InChI is InChI=1S/C13H14N4/c1-3-10-5-2-6-14-12(10)11(4-1)9-17-13-15-7-8-16-13/h1-6H,7-9H2,(H2,15,16,17). The second-order valence-corrected chi connectivity index (χ2v) is 4.00. The Labute approximate surface area is 99.8 Å². The Morgan fingerprint density at radius 2 is 2.18 bits per heavy atom. The number of rotatable bonds is 2. The third-order valence-electron chi connectivity index (χ3n) is 2.84. The summed E-state index contributed by atoms with van der Waals surface area (Å²) in [5, 5.41) is 7.66. The van der Waals surface area contributed by atoms with Crippen molar-refractivity contribution in [1.82, 2.24) is 15.6 Å². The van der Waals surface area contributed by atoms with Crippen molar-refractivity contribution in [1.29, 1.82) is 0 Å². The average molecular weight is 226 g/mol. The maximum absolute atomic E-state index is 4.43. The van der Waals surface area contributed by atoms with Crippen molar-refractivity contribution in [3.63, 3.8) is 0 Å². The number of aromatic nitrogens is 1. The molecule has 17 heavy (non-hydrogen) atoms. The zero-order chi connectivity index (χ0) is 11.5. The molecular weight excluding hydrogens is 212 g/mol. The van der Waals surface area contributed by atoms with Gasteiger partial charge in [0.2, 0.25) is 0 Å². The molecule has 1 aliphatic rings. The Kier molecular flexibility index (Phi) is 2.62. The summed E-state index contributed by atoms with van der Waals surface area (Å²) in [7, 11) is 0. The summed E-state index contributed by atoms with van der Waals surface area (Å²) >= 11 is 0. The molecule has 1 aromatic carbocycles. The number of aliphatic imine (C=N–C) groups is 1. The van der Waals surface area contributed by atoms with Gasteiger partial charge in [0.15, 0.2) is 5.96 Å². The minimum Gasteiger partial charge on any atom is -0.355 e. The molecule has 1 aliphatic heterocycles. The molecule has 0 saturated carbocycles. The lowest BCUT2D eigenvalue weighted by molar-refractivity contribution is 0.870. The molecular formula is C13H14N4. The average Bonchev–Trinajstić information content (AvgIpc) is 2.89. The van der Waals surface area contributed by atoms with Crippen LogP contribution in [0.25, 0.3) is 10.9 Å². The minimum atomic E-state index is 0.750. The Morgan fingerprint density at radius 3 is 3.06 bits per heavy atom. The first kappa shape index (κ1) is 10.1. The summed E-state index contributed by atoms with van der Waals surface area (Å²) < 4.78 is 0. The van der Waals surface area contributed by atoms with Crippen LogP contribution in [0.2, 0.25) is 0 Å². The van der Waals surface area contributed by atoms with Crippen LogP contribution in [0.5, 0.6) is 0 Å². The molecule has 0 unspecified atom stereocenters. The van der Waals surface area contributed by atoms with Crippen LogP contribution in [-0.4, -0.2) is 24.0 Å². The van der Waals surface area contributed by atoms with Gasteiger partial charge in [-0.25, -0.2) is 0 Å². The molecule has 4 nitrogen and oxygen atoms in total. The Morgan fingerprint density at radius 1 is 1.24 bits per heavy atom. The molecule has 86 valence electrons. The molecule has 2 N–H and O–H groups in total. The monoisotopic (exact) mass is 226 g/mol. The number of pyridine rings is 1. The summed E-state index contributed by atoms with van der Waals surface area (Å²) in [5.41, 5.74) is 2.25. The van der Waals surface area contributed by atoms with Crippen molar-refractivity contribution < 1.29 is 0 Å². The van der Waals surface area contributed by atoms with Gasteiger partial charge in [0.05, 0.1) is 12.1 Å². The SMILES string of the molecule is c1cnc2c(CNC3=NCCN3)cccc2c1. The fourth-order valence-corrected chi connectivity index (χ4v) is 2.01. The van der Waals surface area contributed by atoms with E-state index in [-0.39, 0.29) is 0 Å². The maximum atomic E-state index is 4.43. The van der Waals surface area contributed by atoms with Gasteiger partial charge in [0.25, 0.3) is 0 Å².